The highest BCUT2D eigenvalue weighted by Crippen LogP contribution is 2.33. The molecule has 1 aliphatic rings. The number of para-hydroxylation sites is 1. The first-order chi connectivity index (χ1) is 15.3. The molecule has 32 heavy (non-hydrogen) atoms. The van der Waals surface area contributed by atoms with Crippen molar-refractivity contribution in [2.45, 2.75) is 6.30 Å². The lowest BCUT2D eigenvalue weighted by Gasteiger charge is -2.14. The fraction of sp³-hybridized carbons (Fsp3) is 0.136. The molecule has 0 spiro atoms. The molecule has 0 fully saturated rings. The van der Waals surface area contributed by atoms with Gasteiger partial charge in [0.25, 0.3) is 11.7 Å². The van der Waals surface area contributed by atoms with E-state index in [9.17, 15) is 23.2 Å². The van der Waals surface area contributed by atoms with Crippen LogP contribution in [-0.2, 0) is 14.3 Å². The SMILES string of the molecule is COc1ccc(C(F)n2cc(C(=O)C(=O)NC3=CC(=O)OC3)c3ccccc32)c(F)c1F. The summed E-state index contributed by atoms with van der Waals surface area (Å²) in [6.45, 7) is -0.186. The van der Waals surface area contributed by atoms with Crippen LogP contribution < -0.4 is 10.1 Å². The Balaban J connectivity index is 1.73. The molecule has 0 saturated heterocycles. The van der Waals surface area contributed by atoms with E-state index in [1.54, 1.807) is 12.1 Å². The number of cyclic esters (lactones) is 1. The first kappa shape index (κ1) is 21.2. The average molecular weight is 444 g/mol. The molecule has 0 bridgehead atoms. The normalized spacial score (nSPS) is 14.1. The number of esters is 1. The summed E-state index contributed by atoms with van der Waals surface area (Å²) in [6, 6.07) is 8.23. The molecule has 1 aromatic heterocycles. The summed E-state index contributed by atoms with van der Waals surface area (Å²) in [5.41, 5.74) is -0.470. The number of carbonyl (C=O) groups excluding carboxylic acids is 3. The van der Waals surface area contributed by atoms with Crippen LogP contribution in [0.4, 0.5) is 13.2 Å². The second kappa shape index (κ2) is 8.22. The zero-order valence-electron chi connectivity index (χ0n) is 16.5. The van der Waals surface area contributed by atoms with Gasteiger partial charge in [-0.15, -0.1) is 0 Å². The molecular weight excluding hydrogens is 429 g/mol. The molecule has 7 nitrogen and oxygen atoms in total. The highest BCUT2D eigenvalue weighted by Gasteiger charge is 2.28. The first-order valence-electron chi connectivity index (χ1n) is 9.30. The van der Waals surface area contributed by atoms with E-state index in [1.807, 2.05) is 0 Å². The third kappa shape index (κ3) is 3.59. The summed E-state index contributed by atoms with van der Waals surface area (Å²) < 4.78 is 54.2. The van der Waals surface area contributed by atoms with Gasteiger partial charge >= 0.3 is 5.97 Å². The van der Waals surface area contributed by atoms with Gasteiger partial charge in [0.05, 0.1) is 23.9 Å². The van der Waals surface area contributed by atoms with Crippen molar-refractivity contribution in [2.75, 3.05) is 13.7 Å². The van der Waals surface area contributed by atoms with Gasteiger partial charge in [0.1, 0.15) is 6.61 Å². The monoisotopic (exact) mass is 444 g/mol. The fourth-order valence-corrected chi connectivity index (χ4v) is 3.38. The van der Waals surface area contributed by atoms with E-state index >= 15 is 4.39 Å². The van der Waals surface area contributed by atoms with Crippen LogP contribution in [0.3, 0.4) is 0 Å². The van der Waals surface area contributed by atoms with Gasteiger partial charge in [0.2, 0.25) is 12.1 Å². The van der Waals surface area contributed by atoms with E-state index in [0.717, 1.165) is 36.1 Å². The number of hydrogen-bond donors (Lipinski definition) is 1. The van der Waals surface area contributed by atoms with Crippen molar-refractivity contribution in [3.05, 3.63) is 77.1 Å². The van der Waals surface area contributed by atoms with Crippen LogP contribution in [0.25, 0.3) is 10.9 Å². The number of ether oxygens (including phenoxy) is 2. The molecule has 0 aliphatic carbocycles. The molecule has 2 heterocycles. The molecule has 1 aliphatic heterocycles. The second-order valence-electron chi connectivity index (χ2n) is 6.85. The van der Waals surface area contributed by atoms with E-state index in [1.165, 1.54) is 12.1 Å². The Labute approximate surface area is 179 Å². The lowest BCUT2D eigenvalue weighted by atomic mass is 10.1. The largest absolute Gasteiger partial charge is 0.494 e. The summed E-state index contributed by atoms with van der Waals surface area (Å²) >= 11 is 0. The van der Waals surface area contributed by atoms with Crippen molar-refractivity contribution in [1.29, 1.82) is 0 Å². The molecule has 0 radical (unpaired) electrons. The molecule has 10 heteroatoms. The molecule has 1 amide bonds. The van der Waals surface area contributed by atoms with Gasteiger partial charge in [-0.3, -0.25) is 9.59 Å². The van der Waals surface area contributed by atoms with E-state index < -0.39 is 41.2 Å². The molecule has 1 atom stereocenters. The second-order valence-corrected chi connectivity index (χ2v) is 6.85. The molecule has 2 aromatic carbocycles. The zero-order valence-corrected chi connectivity index (χ0v) is 16.5. The molecule has 4 rings (SSSR count). The van der Waals surface area contributed by atoms with Crippen molar-refractivity contribution in [3.8, 4) is 5.75 Å². The fourth-order valence-electron chi connectivity index (χ4n) is 3.38. The third-order valence-electron chi connectivity index (χ3n) is 4.93. The zero-order chi connectivity index (χ0) is 23.0. The maximum atomic E-state index is 15.4. The van der Waals surface area contributed by atoms with Gasteiger partial charge in [-0.1, -0.05) is 18.2 Å². The van der Waals surface area contributed by atoms with E-state index in [2.05, 4.69) is 10.1 Å². The van der Waals surface area contributed by atoms with Crippen molar-refractivity contribution >= 4 is 28.6 Å². The Morgan fingerprint density at radius 2 is 1.91 bits per heavy atom. The van der Waals surface area contributed by atoms with Crippen LogP contribution in [0.1, 0.15) is 22.2 Å². The standard InChI is InChI=1S/C22H15F3N2O5/c1-31-16-7-6-13(18(23)19(16)24)21(25)27-9-14(12-4-2-3-5-15(12)27)20(29)22(30)26-11-8-17(28)32-10-11/h2-9,21H,10H2,1H3,(H,26,30). The summed E-state index contributed by atoms with van der Waals surface area (Å²) in [6.07, 6.45) is -0.107. The van der Waals surface area contributed by atoms with Crippen LogP contribution >= 0.6 is 0 Å². The van der Waals surface area contributed by atoms with E-state index in [-0.39, 0.29) is 34.5 Å². The smallest absolute Gasteiger partial charge is 0.333 e. The number of hydrogen-bond acceptors (Lipinski definition) is 5. The van der Waals surface area contributed by atoms with Crippen LogP contribution in [-0.4, -0.2) is 35.9 Å². The van der Waals surface area contributed by atoms with Crippen LogP contribution in [0.5, 0.6) is 5.75 Å². The number of nitrogens with zero attached hydrogens (tertiary/aromatic N) is 1. The topological polar surface area (TPSA) is 86.6 Å². The van der Waals surface area contributed by atoms with Gasteiger partial charge in [0, 0.05) is 23.2 Å². The maximum Gasteiger partial charge on any atom is 0.333 e. The van der Waals surface area contributed by atoms with Crippen LogP contribution in [0.2, 0.25) is 0 Å². The number of halogens is 3. The Hall–Kier alpha value is -4.08. The number of aromatic nitrogens is 1. The summed E-state index contributed by atoms with van der Waals surface area (Å²) in [4.78, 5) is 36.2. The van der Waals surface area contributed by atoms with Crippen LogP contribution in [0, 0.1) is 11.6 Å². The third-order valence-corrected chi connectivity index (χ3v) is 4.93. The van der Waals surface area contributed by atoms with Crippen molar-refractivity contribution in [1.82, 2.24) is 9.88 Å². The lowest BCUT2D eigenvalue weighted by molar-refractivity contribution is -0.135. The molecule has 164 valence electrons. The number of ketones is 1. The van der Waals surface area contributed by atoms with Crippen molar-refractivity contribution < 1.29 is 37.0 Å². The van der Waals surface area contributed by atoms with Gasteiger partial charge < -0.3 is 19.4 Å². The van der Waals surface area contributed by atoms with Gasteiger partial charge in [0.15, 0.2) is 11.6 Å². The number of amides is 1. The number of carbonyl (C=O) groups is 3. The number of rotatable bonds is 6. The molecular formula is C22H15F3N2O5. The molecule has 1 unspecified atom stereocenters. The highest BCUT2D eigenvalue weighted by molar-refractivity contribution is 6.45. The highest BCUT2D eigenvalue weighted by atomic mass is 19.2. The predicted octanol–water partition coefficient (Wildman–Crippen LogP) is 3.18. The Morgan fingerprint density at radius 1 is 1.16 bits per heavy atom. The quantitative estimate of drug-likeness (QED) is 0.359. The Morgan fingerprint density at radius 3 is 2.59 bits per heavy atom. The van der Waals surface area contributed by atoms with Crippen molar-refractivity contribution in [3.63, 3.8) is 0 Å². The number of benzene rings is 2. The first-order valence-corrected chi connectivity index (χ1v) is 9.30. The van der Waals surface area contributed by atoms with E-state index in [4.69, 9.17) is 4.74 Å². The Kier molecular flexibility index (Phi) is 5.43. The van der Waals surface area contributed by atoms with Gasteiger partial charge in [-0.05, 0) is 18.2 Å². The molecule has 3 aromatic rings. The van der Waals surface area contributed by atoms with Crippen LogP contribution in [0.15, 0.2) is 54.4 Å². The summed E-state index contributed by atoms with van der Waals surface area (Å²) in [5, 5.41) is 2.51. The predicted molar refractivity (Wildman–Crippen MR) is 106 cm³/mol. The lowest BCUT2D eigenvalue weighted by Crippen LogP contribution is -2.31. The number of alkyl halides is 1. The number of methoxy groups -OCH3 is 1. The molecule has 1 N–H and O–H groups in total. The average Bonchev–Trinajstić information content (AvgIpc) is 3.38. The van der Waals surface area contributed by atoms with Gasteiger partial charge in [-0.2, -0.15) is 4.39 Å². The minimum Gasteiger partial charge on any atom is -0.494 e. The molecule has 0 saturated carbocycles. The minimum atomic E-state index is -2.20. The van der Waals surface area contributed by atoms with Crippen molar-refractivity contribution in [2.24, 2.45) is 0 Å². The Bertz CT molecular complexity index is 1300. The minimum absolute atomic E-state index is 0.108. The van der Waals surface area contributed by atoms with E-state index in [0.29, 0.717) is 0 Å². The summed E-state index contributed by atoms with van der Waals surface area (Å²) in [5.74, 6) is -5.88. The summed E-state index contributed by atoms with van der Waals surface area (Å²) in [7, 11) is 1.15. The van der Waals surface area contributed by atoms with Gasteiger partial charge in [-0.25, -0.2) is 13.6 Å². The number of fused-ring (bicyclic) bond motifs is 1. The number of nitrogens with one attached hydrogen (secondary N) is 1. The number of Topliss-reactive ketones (excluding diaryl/α,β-unsaturated/α-hetero) is 1. The maximum absolute atomic E-state index is 15.4.